The third-order valence-corrected chi connectivity index (χ3v) is 7.21. The minimum atomic E-state index is 0.217. The van der Waals surface area contributed by atoms with E-state index in [1.807, 2.05) is 16.7 Å². The summed E-state index contributed by atoms with van der Waals surface area (Å²) >= 11 is 0. The van der Waals surface area contributed by atoms with Crippen molar-refractivity contribution in [3.05, 3.63) is 54.3 Å². The van der Waals surface area contributed by atoms with Gasteiger partial charge in [-0.15, -0.1) is 0 Å². The normalized spacial score (nSPS) is 15.0. The highest BCUT2D eigenvalue weighted by Crippen LogP contribution is 2.35. The van der Waals surface area contributed by atoms with Crippen LogP contribution in [-0.4, -0.2) is 30.7 Å². The highest BCUT2D eigenvalue weighted by Gasteiger charge is 2.22. The fraction of sp³-hybridized carbons (Fsp3) is 0.581. The number of nitrogens with zero attached hydrogens (tertiary/aromatic N) is 1. The number of hydrogen-bond acceptors (Lipinski definition) is 3. The third-order valence-electron chi connectivity index (χ3n) is 7.21. The van der Waals surface area contributed by atoms with Gasteiger partial charge in [-0.1, -0.05) is 63.3 Å². The number of rotatable bonds is 15. The first-order valence-electron chi connectivity index (χ1n) is 14.0. The number of allylic oxidation sites excluding steroid dienone is 4. The summed E-state index contributed by atoms with van der Waals surface area (Å²) in [4.78, 5) is 13.1. The number of fused-ring (bicyclic) bond motifs is 1. The zero-order valence-corrected chi connectivity index (χ0v) is 22.1. The van der Waals surface area contributed by atoms with Gasteiger partial charge in [0.1, 0.15) is 5.75 Å². The summed E-state index contributed by atoms with van der Waals surface area (Å²) in [5.41, 5.74) is 2.33. The number of carbonyl (C=O) groups excluding carboxylic acids is 1. The van der Waals surface area contributed by atoms with Crippen molar-refractivity contribution in [3.63, 3.8) is 0 Å². The second kappa shape index (κ2) is 15.6. The van der Waals surface area contributed by atoms with Crippen molar-refractivity contribution in [2.24, 2.45) is 0 Å². The molecule has 0 saturated carbocycles. The minimum absolute atomic E-state index is 0.217. The van der Waals surface area contributed by atoms with E-state index >= 15 is 0 Å². The molecule has 1 aliphatic heterocycles. The van der Waals surface area contributed by atoms with Crippen LogP contribution in [-0.2, 0) is 0 Å². The van der Waals surface area contributed by atoms with Crippen molar-refractivity contribution in [1.82, 2.24) is 9.88 Å². The molecule has 0 spiro atoms. The molecule has 2 heterocycles. The van der Waals surface area contributed by atoms with Crippen LogP contribution in [0.2, 0.25) is 0 Å². The predicted molar refractivity (Wildman–Crippen MR) is 149 cm³/mol. The third kappa shape index (κ3) is 8.68. The molecule has 4 heteroatoms. The molecule has 0 unspecified atom stereocenters. The number of nitrogens with one attached hydrogen (secondary N) is 1. The maximum absolute atomic E-state index is 13.1. The molecule has 0 amide bonds. The minimum Gasteiger partial charge on any atom is -0.497 e. The van der Waals surface area contributed by atoms with Gasteiger partial charge in [0, 0.05) is 18.0 Å². The van der Waals surface area contributed by atoms with Gasteiger partial charge in [0.2, 0.25) is 5.91 Å². The van der Waals surface area contributed by atoms with Crippen molar-refractivity contribution in [2.45, 2.75) is 96.3 Å². The van der Waals surface area contributed by atoms with Crippen molar-refractivity contribution in [2.75, 3.05) is 20.2 Å². The largest absolute Gasteiger partial charge is 0.497 e. The number of piperidine rings is 1. The number of aromatic nitrogens is 1. The highest BCUT2D eigenvalue weighted by atomic mass is 16.5. The Morgan fingerprint density at radius 3 is 2.40 bits per heavy atom. The number of ether oxygens (including phenoxy) is 1. The van der Waals surface area contributed by atoms with E-state index in [2.05, 4.69) is 48.8 Å². The quantitative estimate of drug-likeness (QED) is 0.207. The maximum Gasteiger partial charge on any atom is 0.231 e. The van der Waals surface area contributed by atoms with Crippen LogP contribution in [0.25, 0.3) is 10.9 Å². The van der Waals surface area contributed by atoms with E-state index in [1.54, 1.807) is 7.11 Å². The van der Waals surface area contributed by atoms with Crippen molar-refractivity contribution < 1.29 is 9.53 Å². The van der Waals surface area contributed by atoms with Gasteiger partial charge in [0.05, 0.1) is 12.6 Å². The van der Waals surface area contributed by atoms with Crippen molar-refractivity contribution in [1.29, 1.82) is 0 Å². The second-order valence-corrected chi connectivity index (χ2v) is 9.91. The number of carbonyl (C=O) groups is 1. The van der Waals surface area contributed by atoms with Crippen molar-refractivity contribution in [3.8, 4) is 5.75 Å². The Kier molecular flexibility index (Phi) is 12.2. The van der Waals surface area contributed by atoms with E-state index in [1.165, 1.54) is 55.9 Å². The summed E-state index contributed by atoms with van der Waals surface area (Å²) in [5.74, 6) is 1.58. The first kappa shape index (κ1) is 27.3. The van der Waals surface area contributed by atoms with E-state index in [0.717, 1.165) is 56.5 Å². The summed E-state index contributed by atoms with van der Waals surface area (Å²) in [5, 5.41) is 4.62. The lowest BCUT2D eigenvalue weighted by Crippen LogP contribution is -2.26. The molecule has 2 aromatic rings. The average Bonchev–Trinajstić information content (AvgIpc) is 3.28. The molecule has 1 fully saturated rings. The van der Waals surface area contributed by atoms with Crippen molar-refractivity contribution >= 4 is 16.8 Å². The smallest absolute Gasteiger partial charge is 0.231 e. The molecule has 0 radical (unpaired) electrons. The fourth-order valence-electron chi connectivity index (χ4n) is 5.08. The number of unbranched alkanes of at least 4 members (excludes halogenated alkanes) is 8. The van der Waals surface area contributed by atoms with Gasteiger partial charge < -0.3 is 10.1 Å². The topological polar surface area (TPSA) is 43.3 Å². The van der Waals surface area contributed by atoms with Gasteiger partial charge in [-0.05, 0) is 87.7 Å². The molecule has 4 nitrogen and oxygen atoms in total. The average molecular weight is 479 g/mol. The lowest BCUT2D eigenvalue weighted by Gasteiger charge is -2.22. The van der Waals surface area contributed by atoms with Gasteiger partial charge >= 0.3 is 0 Å². The molecule has 1 aliphatic rings. The Morgan fingerprint density at radius 2 is 1.69 bits per heavy atom. The van der Waals surface area contributed by atoms with Crippen LogP contribution in [0.5, 0.6) is 5.75 Å². The molecule has 1 aromatic heterocycles. The second-order valence-electron chi connectivity index (χ2n) is 9.91. The molecule has 192 valence electrons. The highest BCUT2D eigenvalue weighted by molar-refractivity contribution is 5.95. The molecule has 0 bridgehead atoms. The summed E-state index contributed by atoms with van der Waals surface area (Å²) < 4.78 is 7.39. The first-order valence-corrected chi connectivity index (χ1v) is 14.0. The van der Waals surface area contributed by atoms with E-state index < -0.39 is 0 Å². The fourth-order valence-corrected chi connectivity index (χ4v) is 5.08. The van der Waals surface area contributed by atoms with Crippen LogP contribution >= 0.6 is 0 Å². The molecule has 1 aromatic carbocycles. The zero-order chi connectivity index (χ0) is 24.7. The summed E-state index contributed by atoms with van der Waals surface area (Å²) in [6, 6.07) is 6.12. The molecule has 0 aliphatic carbocycles. The monoisotopic (exact) mass is 478 g/mol. The Bertz CT molecular complexity index is 950. The van der Waals surface area contributed by atoms with Crippen LogP contribution in [0.3, 0.4) is 0 Å². The molecule has 35 heavy (non-hydrogen) atoms. The Hall–Kier alpha value is -2.33. The molecular weight excluding hydrogens is 432 g/mol. The van der Waals surface area contributed by atoms with Crippen LogP contribution < -0.4 is 10.1 Å². The van der Waals surface area contributed by atoms with Gasteiger partial charge in [-0.2, -0.15) is 0 Å². The van der Waals surface area contributed by atoms with Gasteiger partial charge in [0.25, 0.3) is 0 Å². The SMILES string of the molecule is CCCCC/C=C\C=C/CCCCCCCC(=O)n1cc(C2CCNCC2)c2cc(OC)ccc21. The van der Waals surface area contributed by atoms with Crippen LogP contribution in [0.4, 0.5) is 0 Å². The number of hydrogen-bond donors (Lipinski definition) is 1. The Labute approximate surface area is 212 Å². The van der Waals surface area contributed by atoms with Crippen LogP contribution in [0, 0.1) is 0 Å². The number of methoxy groups -OCH3 is 1. The molecule has 0 atom stereocenters. The van der Waals surface area contributed by atoms with Gasteiger partial charge in [0.15, 0.2) is 0 Å². The van der Waals surface area contributed by atoms with Crippen LogP contribution in [0.15, 0.2) is 48.7 Å². The summed E-state index contributed by atoms with van der Waals surface area (Å²) in [6.07, 6.45) is 26.0. The molecular formula is C31H46N2O2. The van der Waals surface area contributed by atoms with E-state index in [4.69, 9.17) is 4.74 Å². The van der Waals surface area contributed by atoms with Crippen LogP contribution in [0.1, 0.15) is 107 Å². The standard InChI is InChI=1S/C31H46N2O2/c1-3-4-5-6-7-8-9-10-11-12-13-14-15-16-17-31(34)33-25-29(26-20-22-32-23-21-26)28-24-27(35-2)18-19-30(28)33/h7-10,18-19,24-26,32H,3-6,11-17,20-23H2,1-2H3/b8-7-,10-9-. The summed E-state index contributed by atoms with van der Waals surface area (Å²) in [7, 11) is 1.70. The Balaban J connectivity index is 1.41. The van der Waals surface area contributed by atoms with Gasteiger partial charge in [-0.3, -0.25) is 9.36 Å². The van der Waals surface area contributed by atoms with E-state index in [9.17, 15) is 4.79 Å². The molecule has 1 N–H and O–H groups in total. The zero-order valence-electron chi connectivity index (χ0n) is 22.1. The lowest BCUT2D eigenvalue weighted by atomic mass is 9.90. The number of benzene rings is 1. The first-order chi connectivity index (χ1) is 17.2. The molecule has 3 rings (SSSR count). The van der Waals surface area contributed by atoms with E-state index in [0.29, 0.717) is 12.3 Å². The predicted octanol–water partition coefficient (Wildman–Crippen LogP) is 8.18. The Morgan fingerprint density at radius 1 is 1.00 bits per heavy atom. The summed E-state index contributed by atoms with van der Waals surface area (Å²) in [6.45, 7) is 4.33. The maximum atomic E-state index is 13.1. The van der Waals surface area contributed by atoms with E-state index in [-0.39, 0.29) is 5.91 Å². The van der Waals surface area contributed by atoms with Gasteiger partial charge in [-0.25, -0.2) is 0 Å². The lowest BCUT2D eigenvalue weighted by molar-refractivity contribution is 0.0904. The molecule has 1 saturated heterocycles.